The summed E-state index contributed by atoms with van der Waals surface area (Å²) in [5, 5.41) is 4.93. The number of para-hydroxylation sites is 2. The van der Waals surface area contributed by atoms with Crippen molar-refractivity contribution in [1.82, 2.24) is 19.1 Å². The molecule has 5 heterocycles. The highest BCUT2D eigenvalue weighted by atomic mass is 15.0. The van der Waals surface area contributed by atoms with Crippen LogP contribution in [0.15, 0.2) is 309 Å². The molecule has 0 radical (unpaired) electrons. The van der Waals surface area contributed by atoms with E-state index in [1.54, 1.807) is 0 Å². The van der Waals surface area contributed by atoms with Crippen LogP contribution in [0.2, 0.25) is 0 Å². The molecule has 0 amide bonds. The van der Waals surface area contributed by atoms with E-state index in [1.807, 2.05) is 0 Å². The Labute approximate surface area is 504 Å². The van der Waals surface area contributed by atoms with E-state index in [0.717, 1.165) is 95.0 Å². The molecule has 18 rings (SSSR count). The molecule has 0 saturated carbocycles. The fraction of sp³-hybridized carbons (Fsp3) is 0. The number of nitrogens with zero attached hydrogens (tertiary/aromatic N) is 4. The van der Waals surface area contributed by atoms with Gasteiger partial charge in [0.2, 0.25) is 0 Å². The summed E-state index contributed by atoms with van der Waals surface area (Å²) in [6.45, 7) is -0.0515. The molecule has 0 spiro atoms. The van der Waals surface area contributed by atoms with Crippen molar-refractivity contribution in [1.29, 1.82) is 0 Å². The topological polar surface area (TPSA) is 35.6 Å². The number of rotatable bonds is 9. The molecule has 2 aliphatic heterocycles. The average molecular weight is 1100 g/mol. The molecule has 0 unspecified atom stereocenters. The average Bonchev–Trinajstić information content (AvgIpc) is 1.63. The highest BCUT2D eigenvalue weighted by Crippen LogP contribution is 2.44. The largest absolute Gasteiger partial charge is 0.310 e. The van der Waals surface area contributed by atoms with Gasteiger partial charge in [-0.05, 0) is 162 Å². The predicted octanol–water partition coefficient (Wildman–Crippen LogP) is 18.8. The van der Waals surface area contributed by atoms with Gasteiger partial charge in [-0.3, -0.25) is 0 Å². The third-order valence-corrected chi connectivity index (χ3v) is 18.3. The fourth-order valence-corrected chi connectivity index (χ4v) is 14.3. The van der Waals surface area contributed by atoms with Crippen molar-refractivity contribution in [2.75, 3.05) is 0 Å². The standard InChI is InChI=1S/C82H51BN4/c1-7-21-52(22-8-1)58-37-39-75-69(47-58)67-33-19-35-71-80(67)86(75)77-49-66(50-78-79(77)83(71)72-36-20-34-68-70-48-59(53-23-9-2-10-24-53)38-40-76(70)87(78)81(68)72)82-84-73(64-43-60(54-25-11-3-12-26-54)41-61(44-64)55-27-13-4-14-28-55)51-74(85-82)65-45-62(56-29-15-5-16-30-56)42-63(46-65)57-31-17-6-18-32-57/h1-51H. The van der Waals surface area contributed by atoms with Crippen LogP contribution in [0.25, 0.3) is 156 Å². The van der Waals surface area contributed by atoms with Gasteiger partial charge in [-0.1, -0.05) is 231 Å². The Bertz CT molecular complexity index is 4980. The SMILES string of the molecule is c1ccc(-c2cc(-c3ccccc3)cc(-c3cc(-c4cc(-c5ccccc5)cc(-c5ccccc5)c4)nc(-c4cc5c6c(c4)-n4c7ccc(-c8ccccc8)cc7c7cccc(c74)B6c4cccc6c7cc(-c8ccccc8)ccc7n-5c46)n3)c2)cc1. The summed E-state index contributed by atoms with van der Waals surface area (Å²) in [6, 6.07) is 113. The first-order valence-corrected chi connectivity index (χ1v) is 30.0. The van der Waals surface area contributed by atoms with Crippen LogP contribution in [0.4, 0.5) is 0 Å². The summed E-state index contributed by atoms with van der Waals surface area (Å²) in [5.41, 5.74) is 29.4. The zero-order valence-corrected chi connectivity index (χ0v) is 47.3. The Balaban J connectivity index is 0.948. The zero-order valence-electron chi connectivity index (χ0n) is 47.3. The van der Waals surface area contributed by atoms with E-state index in [0.29, 0.717) is 5.82 Å². The van der Waals surface area contributed by atoms with Crippen LogP contribution in [0.5, 0.6) is 0 Å². The molecule has 13 aromatic carbocycles. The summed E-state index contributed by atoms with van der Waals surface area (Å²) >= 11 is 0. The van der Waals surface area contributed by atoms with Gasteiger partial charge in [0, 0.05) is 60.6 Å². The van der Waals surface area contributed by atoms with Crippen LogP contribution in [-0.4, -0.2) is 25.8 Å². The third kappa shape index (κ3) is 7.94. The van der Waals surface area contributed by atoms with Gasteiger partial charge < -0.3 is 9.13 Å². The minimum Gasteiger partial charge on any atom is -0.310 e. The van der Waals surface area contributed by atoms with Crippen molar-refractivity contribution < 1.29 is 0 Å². The molecule has 4 nitrogen and oxygen atoms in total. The monoisotopic (exact) mass is 1100 g/mol. The maximum Gasteiger partial charge on any atom is 0.252 e. The third-order valence-electron chi connectivity index (χ3n) is 18.3. The molecular weight excluding hydrogens is 1050 g/mol. The number of fused-ring (bicyclic) bond motifs is 10. The molecule has 0 bridgehead atoms. The van der Waals surface area contributed by atoms with Crippen molar-refractivity contribution in [3.8, 4) is 112 Å². The highest BCUT2D eigenvalue weighted by molar-refractivity contribution is 7.00. The second-order valence-corrected chi connectivity index (χ2v) is 23.2. The zero-order chi connectivity index (χ0) is 57.1. The molecule has 2 aliphatic rings. The van der Waals surface area contributed by atoms with E-state index < -0.39 is 0 Å². The molecule has 0 atom stereocenters. The Kier molecular flexibility index (Phi) is 11.1. The highest BCUT2D eigenvalue weighted by Gasteiger charge is 2.41. The summed E-state index contributed by atoms with van der Waals surface area (Å²) in [7, 11) is 0. The van der Waals surface area contributed by atoms with Crippen molar-refractivity contribution in [3.63, 3.8) is 0 Å². The molecule has 0 saturated heterocycles. The Morgan fingerprint density at radius 2 is 0.563 bits per heavy atom. The second kappa shape index (κ2) is 19.6. The molecular formula is C82H51BN4. The maximum absolute atomic E-state index is 5.84. The van der Waals surface area contributed by atoms with Crippen LogP contribution in [0.1, 0.15) is 0 Å². The minimum atomic E-state index is -0.0515. The summed E-state index contributed by atoms with van der Waals surface area (Å²) in [6.07, 6.45) is 0. The lowest BCUT2D eigenvalue weighted by Gasteiger charge is -2.34. The summed E-state index contributed by atoms with van der Waals surface area (Å²) < 4.78 is 5.13. The Hall–Kier alpha value is -11.4. The van der Waals surface area contributed by atoms with Crippen molar-refractivity contribution in [3.05, 3.63) is 309 Å². The van der Waals surface area contributed by atoms with Gasteiger partial charge in [-0.2, -0.15) is 0 Å². The van der Waals surface area contributed by atoms with E-state index in [2.05, 4.69) is 319 Å². The van der Waals surface area contributed by atoms with E-state index in [4.69, 9.17) is 9.97 Å². The van der Waals surface area contributed by atoms with E-state index in [9.17, 15) is 0 Å². The van der Waals surface area contributed by atoms with Gasteiger partial charge in [0.25, 0.3) is 6.71 Å². The maximum atomic E-state index is 5.84. The lowest BCUT2D eigenvalue weighted by molar-refractivity contribution is 1.13. The van der Waals surface area contributed by atoms with Crippen LogP contribution >= 0.6 is 0 Å². The fourth-order valence-electron chi connectivity index (χ4n) is 14.3. The first kappa shape index (κ1) is 49.1. The smallest absolute Gasteiger partial charge is 0.252 e. The summed E-state index contributed by atoms with van der Waals surface area (Å²) in [4.78, 5) is 11.7. The van der Waals surface area contributed by atoms with Gasteiger partial charge >= 0.3 is 0 Å². The lowest BCUT2D eigenvalue weighted by atomic mass is 9.34. The summed E-state index contributed by atoms with van der Waals surface area (Å²) in [5.74, 6) is 0.645. The van der Waals surface area contributed by atoms with E-state index in [-0.39, 0.29) is 6.71 Å². The normalized spacial score (nSPS) is 12.1. The molecule has 0 fully saturated rings. The molecule has 16 aromatic rings. The first-order chi connectivity index (χ1) is 43.1. The Morgan fingerprint density at radius 1 is 0.230 bits per heavy atom. The molecule has 0 aliphatic carbocycles. The molecule has 3 aromatic heterocycles. The van der Waals surface area contributed by atoms with Crippen molar-refractivity contribution in [2.45, 2.75) is 0 Å². The number of benzene rings is 13. The van der Waals surface area contributed by atoms with Gasteiger partial charge in [0.15, 0.2) is 5.82 Å². The van der Waals surface area contributed by atoms with Crippen LogP contribution in [-0.2, 0) is 0 Å². The van der Waals surface area contributed by atoms with Gasteiger partial charge in [-0.15, -0.1) is 0 Å². The predicted molar refractivity (Wildman–Crippen MR) is 364 cm³/mol. The van der Waals surface area contributed by atoms with Gasteiger partial charge in [-0.25, -0.2) is 9.97 Å². The number of hydrogen-bond donors (Lipinski definition) is 0. The lowest BCUT2D eigenvalue weighted by Crippen LogP contribution is -2.59. The minimum absolute atomic E-state index is 0.0515. The van der Waals surface area contributed by atoms with Gasteiger partial charge in [0.1, 0.15) is 0 Å². The van der Waals surface area contributed by atoms with Crippen LogP contribution in [0.3, 0.4) is 0 Å². The molecule has 402 valence electrons. The number of hydrogen-bond acceptors (Lipinski definition) is 2. The van der Waals surface area contributed by atoms with Gasteiger partial charge in [0.05, 0.1) is 22.4 Å². The van der Waals surface area contributed by atoms with Crippen LogP contribution in [0, 0.1) is 0 Å². The molecule has 5 heteroatoms. The van der Waals surface area contributed by atoms with Crippen LogP contribution < -0.4 is 16.4 Å². The Morgan fingerprint density at radius 3 is 0.920 bits per heavy atom. The van der Waals surface area contributed by atoms with Crippen molar-refractivity contribution >= 4 is 66.7 Å². The number of aromatic nitrogens is 4. The first-order valence-electron chi connectivity index (χ1n) is 30.0. The molecule has 87 heavy (non-hydrogen) atoms. The molecule has 0 N–H and O–H groups in total. The van der Waals surface area contributed by atoms with E-state index >= 15 is 0 Å². The quantitative estimate of drug-likeness (QED) is 0.135. The second-order valence-electron chi connectivity index (χ2n) is 23.2. The van der Waals surface area contributed by atoms with E-state index in [1.165, 1.54) is 71.2 Å². The van der Waals surface area contributed by atoms with Crippen molar-refractivity contribution in [2.24, 2.45) is 0 Å².